The fourth-order valence-electron chi connectivity index (χ4n) is 2.54. The summed E-state index contributed by atoms with van der Waals surface area (Å²) in [6.45, 7) is 5.12. The first kappa shape index (κ1) is 19.3. The normalized spacial score (nSPS) is 21.5. The van der Waals surface area contributed by atoms with Crippen molar-refractivity contribution in [3.63, 3.8) is 0 Å². The van der Waals surface area contributed by atoms with Crippen LogP contribution < -0.4 is 10.6 Å². The third-order valence-corrected chi connectivity index (χ3v) is 3.90. The third-order valence-electron chi connectivity index (χ3n) is 3.90. The van der Waals surface area contributed by atoms with Gasteiger partial charge in [0.15, 0.2) is 5.96 Å². The molecule has 1 fully saturated rings. The highest BCUT2D eigenvalue weighted by molar-refractivity contribution is 5.84. The highest BCUT2D eigenvalue weighted by atomic mass is 16.5. The average molecular weight is 326 g/mol. The Kier molecular flexibility index (Phi) is 8.43. The van der Waals surface area contributed by atoms with Crippen molar-refractivity contribution in [2.24, 2.45) is 10.9 Å². The summed E-state index contributed by atoms with van der Waals surface area (Å²) in [5, 5.41) is 6.51. The maximum atomic E-state index is 11.7. The molecule has 0 aliphatic heterocycles. The molecule has 0 aromatic rings. The standard InChI is InChI=1S/C16H30N4O3/c1-5-17-16(18-11-14(21)20(3)4)19-13-9-7-12(8-10-13)15(22)23-6-2/h12-13H,5-11H2,1-4H3,(H2,17,18,19). The van der Waals surface area contributed by atoms with Gasteiger partial charge in [0.2, 0.25) is 5.91 Å². The van der Waals surface area contributed by atoms with Crippen LogP contribution in [0.15, 0.2) is 4.99 Å². The Morgan fingerprint density at radius 2 is 1.83 bits per heavy atom. The molecule has 0 unspecified atom stereocenters. The number of rotatable bonds is 6. The topological polar surface area (TPSA) is 83.0 Å². The van der Waals surface area contributed by atoms with E-state index in [1.807, 2.05) is 13.8 Å². The Labute approximate surface area is 138 Å². The molecule has 0 saturated heterocycles. The van der Waals surface area contributed by atoms with Crippen molar-refractivity contribution in [3.8, 4) is 0 Å². The van der Waals surface area contributed by atoms with Crippen LogP contribution in [0.5, 0.6) is 0 Å². The van der Waals surface area contributed by atoms with Gasteiger partial charge in [-0.05, 0) is 39.5 Å². The first-order chi connectivity index (χ1) is 11.0. The molecule has 0 heterocycles. The summed E-state index contributed by atoms with van der Waals surface area (Å²) in [7, 11) is 3.43. The minimum Gasteiger partial charge on any atom is -0.466 e. The lowest BCUT2D eigenvalue weighted by molar-refractivity contribution is -0.149. The van der Waals surface area contributed by atoms with Crippen LogP contribution in [0, 0.1) is 5.92 Å². The van der Waals surface area contributed by atoms with Crippen LogP contribution >= 0.6 is 0 Å². The number of ether oxygens (including phenoxy) is 1. The van der Waals surface area contributed by atoms with E-state index >= 15 is 0 Å². The van der Waals surface area contributed by atoms with Crippen LogP contribution in [0.3, 0.4) is 0 Å². The average Bonchev–Trinajstić information content (AvgIpc) is 2.53. The lowest BCUT2D eigenvalue weighted by Crippen LogP contribution is -2.45. The zero-order valence-corrected chi connectivity index (χ0v) is 14.7. The number of carbonyl (C=O) groups is 2. The van der Waals surface area contributed by atoms with Gasteiger partial charge in [-0.15, -0.1) is 0 Å². The lowest BCUT2D eigenvalue weighted by Gasteiger charge is -2.29. The highest BCUT2D eigenvalue weighted by Crippen LogP contribution is 2.25. The molecule has 0 aromatic carbocycles. The number of guanidine groups is 1. The molecule has 1 amide bonds. The molecule has 132 valence electrons. The van der Waals surface area contributed by atoms with Crippen LogP contribution in [0.4, 0.5) is 0 Å². The Morgan fingerprint density at radius 3 is 2.35 bits per heavy atom. The van der Waals surface area contributed by atoms with E-state index in [0.717, 1.165) is 32.2 Å². The van der Waals surface area contributed by atoms with Crippen molar-refractivity contribution >= 4 is 17.8 Å². The molecule has 0 spiro atoms. The molecule has 1 aliphatic carbocycles. The SMILES string of the molecule is CCNC(=NCC(=O)N(C)C)NC1CCC(C(=O)OCC)CC1. The van der Waals surface area contributed by atoms with Crippen LogP contribution in [-0.2, 0) is 14.3 Å². The molecule has 7 heteroatoms. The van der Waals surface area contributed by atoms with Crippen molar-refractivity contribution in [1.82, 2.24) is 15.5 Å². The van der Waals surface area contributed by atoms with E-state index in [0.29, 0.717) is 12.6 Å². The van der Waals surface area contributed by atoms with Gasteiger partial charge in [-0.3, -0.25) is 9.59 Å². The van der Waals surface area contributed by atoms with Crippen LogP contribution in [-0.4, -0.2) is 62.6 Å². The van der Waals surface area contributed by atoms with Crippen molar-refractivity contribution < 1.29 is 14.3 Å². The molecular weight excluding hydrogens is 296 g/mol. The number of hydrogen-bond acceptors (Lipinski definition) is 4. The van der Waals surface area contributed by atoms with E-state index in [1.54, 1.807) is 14.1 Å². The molecule has 1 aliphatic rings. The number of esters is 1. The Morgan fingerprint density at radius 1 is 1.17 bits per heavy atom. The van der Waals surface area contributed by atoms with E-state index in [2.05, 4.69) is 15.6 Å². The molecule has 0 bridgehead atoms. The second-order valence-corrected chi connectivity index (χ2v) is 5.93. The van der Waals surface area contributed by atoms with Gasteiger partial charge >= 0.3 is 5.97 Å². The summed E-state index contributed by atoms with van der Waals surface area (Å²) in [6, 6.07) is 0.271. The maximum Gasteiger partial charge on any atom is 0.308 e. The van der Waals surface area contributed by atoms with Gasteiger partial charge in [-0.1, -0.05) is 0 Å². The number of amides is 1. The summed E-state index contributed by atoms with van der Waals surface area (Å²) in [5.74, 6) is 0.557. The quantitative estimate of drug-likeness (QED) is 0.428. The maximum absolute atomic E-state index is 11.7. The van der Waals surface area contributed by atoms with Crippen molar-refractivity contribution in [2.45, 2.75) is 45.6 Å². The molecular formula is C16H30N4O3. The summed E-state index contributed by atoms with van der Waals surface area (Å²) in [5.41, 5.74) is 0. The van der Waals surface area contributed by atoms with E-state index in [-0.39, 0.29) is 30.4 Å². The van der Waals surface area contributed by atoms with E-state index < -0.39 is 0 Å². The molecule has 23 heavy (non-hydrogen) atoms. The fraction of sp³-hybridized carbons (Fsp3) is 0.812. The fourth-order valence-corrected chi connectivity index (χ4v) is 2.54. The van der Waals surface area contributed by atoms with E-state index in [9.17, 15) is 9.59 Å². The Bertz CT molecular complexity index is 416. The van der Waals surface area contributed by atoms with Gasteiger partial charge in [0.05, 0.1) is 12.5 Å². The summed E-state index contributed by atoms with van der Waals surface area (Å²) < 4.78 is 5.09. The molecule has 1 rings (SSSR count). The minimum absolute atomic E-state index is 0.0165. The molecule has 0 aromatic heterocycles. The molecule has 0 radical (unpaired) electrons. The second-order valence-electron chi connectivity index (χ2n) is 5.93. The first-order valence-electron chi connectivity index (χ1n) is 8.39. The van der Waals surface area contributed by atoms with Crippen LogP contribution in [0.25, 0.3) is 0 Å². The Hall–Kier alpha value is -1.79. The molecule has 1 saturated carbocycles. The largest absolute Gasteiger partial charge is 0.466 e. The monoisotopic (exact) mass is 326 g/mol. The van der Waals surface area contributed by atoms with Crippen LogP contribution in [0.2, 0.25) is 0 Å². The number of aliphatic imine (C=N–C) groups is 1. The predicted octanol–water partition coefficient (Wildman–Crippen LogP) is 0.752. The first-order valence-corrected chi connectivity index (χ1v) is 8.39. The van der Waals surface area contributed by atoms with Gasteiger partial charge in [-0.2, -0.15) is 0 Å². The number of nitrogens with one attached hydrogen (secondary N) is 2. The van der Waals surface area contributed by atoms with Crippen molar-refractivity contribution in [3.05, 3.63) is 0 Å². The predicted molar refractivity (Wildman–Crippen MR) is 90.2 cm³/mol. The van der Waals surface area contributed by atoms with Gasteiger partial charge in [-0.25, -0.2) is 4.99 Å². The smallest absolute Gasteiger partial charge is 0.308 e. The Balaban J connectivity index is 2.47. The summed E-state index contributed by atoms with van der Waals surface area (Å²) in [6.07, 6.45) is 3.45. The van der Waals surface area contributed by atoms with E-state index in [1.165, 1.54) is 4.90 Å². The molecule has 0 atom stereocenters. The molecule has 7 nitrogen and oxygen atoms in total. The minimum atomic E-state index is -0.0805. The summed E-state index contributed by atoms with van der Waals surface area (Å²) >= 11 is 0. The zero-order valence-electron chi connectivity index (χ0n) is 14.7. The zero-order chi connectivity index (χ0) is 17.2. The van der Waals surface area contributed by atoms with Crippen molar-refractivity contribution in [2.75, 3.05) is 33.8 Å². The van der Waals surface area contributed by atoms with Gasteiger partial charge in [0.25, 0.3) is 0 Å². The highest BCUT2D eigenvalue weighted by Gasteiger charge is 2.27. The van der Waals surface area contributed by atoms with E-state index in [4.69, 9.17) is 4.74 Å². The number of carbonyl (C=O) groups excluding carboxylic acids is 2. The lowest BCUT2D eigenvalue weighted by atomic mass is 9.86. The van der Waals surface area contributed by atoms with Gasteiger partial charge < -0.3 is 20.3 Å². The van der Waals surface area contributed by atoms with Crippen molar-refractivity contribution in [1.29, 1.82) is 0 Å². The second kappa shape index (κ2) is 10.1. The van der Waals surface area contributed by atoms with Crippen LogP contribution in [0.1, 0.15) is 39.5 Å². The summed E-state index contributed by atoms with van der Waals surface area (Å²) in [4.78, 5) is 29.2. The molecule has 2 N–H and O–H groups in total. The number of nitrogens with zero attached hydrogens (tertiary/aromatic N) is 2. The van der Waals surface area contributed by atoms with Gasteiger partial charge in [0, 0.05) is 26.7 Å². The third kappa shape index (κ3) is 6.88. The van der Waals surface area contributed by atoms with Gasteiger partial charge in [0.1, 0.15) is 6.54 Å². The number of hydrogen-bond donors (Lipinski definition) is 2. The number of likely N-dealkylation sites (N-methyl/N-ethyl adjacent to an activating group) is 1.